The highest BCUT2D eigenvalue weighted by atomic mass is 16.4. The van der Waals surface area contributed by atoms with Crippen LogP contribution in [0.2, 0.25) is 0 Å². The molecule has 5 nitrogen and oxygen atoms in total. The fourth-order valence-electron chi connectivity index (χ4n) is 1.46. The Bertz CT molecular complexity index is 598. The van der Waals surface area contributed by atoms with Crippen LogP contribution in [0.3, 0.4) is 0 Å². The van der Waals surface area contributed by atoms with Crippen molar-refractivity contribution in [2.45, 2.75) is 6.61 Å². The van der Waals surface area contributed by atoms with Gasteiger partial charge >= 0.3 is 5.63 Å². The van der Waals surface area contributed by atoms with Gasteiger partial charge in [-0.05, 0) is 12.1 Å². The van der Waals surface area contributed by atoms with Gasteiger partial charge in [0.05, 0.1) is 12.2 Å². The van der Waals surface area contributed by atoms with Crippen LogP contribution in [0.1, 0.15) is 15.9 Å². The van der Waals surface area contributed by atoms with Crippen LogP contribution in [0.4, 0.5) is 5.69 Å². The molecule has 92 valence electrons. The number of hydrogen-bond donors (Lipinski definition) is 2. The number of carbonyl (C=O) groups is 1. The van der Waals surface area contributed by atoms with E-state index in [4.69, 9.17) is 5.11 Å². The van der Waals surface area contributed by atoms with Crippen LogP contribution in [-0.4, -0.2) is 11.0 Å². The molecule has 2 rings (SSSR count). The van der Waals surface area contributed by atoms with Crippen molar-refractivity contribution in [2.24, 2.45) is 0 Å². The fraction of sp³-hybridized carbons (Fsp3) is 0.0769. The Morgan fingerprint density at radius 1 is 1.22 bits per heavy atom. The number of rotatable bonds is 3. The molecule has 18 heavy (non-hydrogen) atoms. The maximum Gasteiger partial charge on any atom is 0.335 e. The van der Waals surface area contributed by atoms with Gasteiger partial charge in [0.2, 0.25) is 0 Å². The summed E-state index contributed by atoms with van der Waals surface area (Å²) in [6.07, 6.45) is 1.10. The van der Waals surface area contributed by atoms with E-state index in [-0.39, 0.29) is 12.2 Å². The Morgan fingerprint density at radius 2 is 2.00 bits per heavy atom. The second-order valence-corrected chi connectivity index (χ2v) is 3.61. The quantitative estimate of drug-likeness (QED) is 0.856. The fourth-order valence-corrected chi connectivity index (χ4v) is 1.46. The zero-order valence-corrected chi connectivity index (χ0v) is 9.42. The summed E-state index contributed by atoms with van der Waals surface area (Å²) in [6, 6.07) is 9.46. The Kier molecular flexibility index (Phi) is 3.54. The average Bonchev–Trinajstić information content (AvgIpc) is 2.40. The molecular weight excluding hydrogens is 234 g/mol. The number of nitrogens with one attached hydrogen (secondary N) is 1. The molecule has 1 heterocycles. The van der Waals surface area contributed by atoms with E-state index in [1.165, 1.54) is 12.1 Å². The summed E-state index contributed by atoms with van der Waals surface area (Å²) in [5.41, 5.74) is 0.865. The first-order valence-electron chi connectivity index (χ1n) is 5.29. The van der Waals surface area contributed by atoms with Crippen molar-refractivity contribution in [1.82, 2.24) is 0 Å². The molecule has 1 aromatic heterocycles. The molecule has 5 heteroatoms. The predicted molar refractivity (Wildman–Crippen MR) is 65.3 cm³/mol. The maximum absolute atomic E-state index is 11.8. The van der Waals surface area contributed by atoms with Crippen LogP contribution in [0.5, 0.6) is 0 Å². The SMILES string of the molecule is O=C(Nc1ccccc1CO)c1ccc(=O)oc1. The summed E-state index contributed by atoms with van der Waals surface area (Å²) in [5, 5.41) is 11.8. The first-order chi connectivity index (χ1) is 8.70. The van der Waals surface area contributed by atoms with E-state index in [1.807, 2.05) is 0 Å². The predicted octanol–water partition coefficient (Wildman–Crippen LogP) is 1.38. The van der Waals surface area contributed by atoms with E-state index in [9.17, 15) is 9.59 Å². The van der Waals surface area contributed by atoms with Gasteiger partial charge in [-0.1, -0.05) is 18.2 Å². The highest BCUT2D eigenvalue weighted by Crippen LogP contribution is 2.15. The first kappa shape index (κ1) is 12.1. The maximum atomic E-state index is 11.8. The molecule has 0 fully saturated rings. The third-order valence-electron chi connectivity index (χ3n) is 2.40. The van der Waals surface area contributed by atoms with Crippen molar-refractivity contribution >= 4 is 11.6 Å². The normalized spacial score (nSPS) is 10.1. The van der Waals surface area contributed by atoms with Gasteiger partial charge in [-0.3, -0.25) is 4.79 Å². The lowest BCUT2D eigenvalue weighted by molar-refractivity contribution is 0.102. The summed E-state index contributed by atoms with van der Waals surface area (Å²) >= 11 is 0. The number of aliphatic hydroxyl groups excluding tert-OH is 1. The number of aliphatic hydroxyl groups is 1. The monoisotopic (exact) mass is 245 g/mol. The lowest BCUT2D eigenvalue weighted by Crippen LogP contribution is -2.14. The van der Waals surface area contributed by atoms with Crippen LogP contribution in [0, 0.1) is 0 Å². The Labute approximate surface area is 103 Å². The third kappa shape index (κ3) is 2.64. The summed E-state index contributed by atoms with van der Waals surface area (Å²) in [4.78, 5) is 22.6. The minimum absolute atomic E-state index is 0.166. The molecule has 2 N–H and O–H groups in total. The van der Waals surface area contributed by atoms with Gasteiger partial charge in [-0.25, -0.2) is 4.79 Å². The smallest absolute Gasteiger partial charge is 0.335 e. The van der Waals surface area contributed by atoms with E-state index in [0.717, 1.165) is 6.26 Å². The van der Waals surface area contributed by atoms with Gasteiger partial charge in [-0.15, -0.1) is 0 Å². The molecule has 1 aromatic carbocycles. The van der Waals surface area contributed by atoms with Crippen LogP contribution in [0.15, 0.2) is 51.9 Å². The number of carbonyl (C=O) groups excluding carboxylic acids is 1. The van der Waals surface area contributed by atoms with Crippen molar-refractivity contribution in [3.8, 4) is 0 Å². The van der Waals surface area contributed by atoms with Crippen LogP contribution in [-0.2, 0) is 6.61 Å². The molecule has 0 saturated carbocycles. The number of hydrogen-bond acceptors (Lipinski definition) is 4. The van der Waals surface area contributed by atoms with Crippen LogP contribution < -0.4 is 10.9 Å². The van der Waals surface area contributed by atoms with E-state index in [2.05, 4.69) is 9.73 Å². The number of para-hydroxylation sites is 1. The average molecular weight is 245 g/mol. The topological polar surface area (TPSA) is 79.5 Å². The molecule has 0 radical (unpaired) electrons. The minimum atomic E-state index is -0.512. The minimum Gasteiger partial charge on any atom is -0.430 e. The number of anilines is 1. The van der Waals surface area contributed by atoms with E-state index >= 15 is 0 Å². The number of benzene rings is 1. The molecule has 0 aliphatic heterocycles. The van der Waals surface area contributed by atoms with Gasteiger partial charge in [0.1, 0.15) is 6.26 Å². The Balaban J connectivity index is 2.21. The Hall–Kier alpha value is -2.40. The third-order valence-corrected chi connectivity index (χ3v) is 2.40. The molecule has 0 saturated heterocycles. The highest BCUT2D eigenvalue weighted by molar-refractivity contribution is 6.04. The van der Waals surface area contributed by atoms with Gasteiger partial charge < -0.3 is 14.8 Å². The number of amides is 1. The molecule has 0 atom stereocenters. The van der Waals surface area contributed by atoms with E-state index in [0.29, 0.717) is 11.3 Å². The summed E-state index contributed by atoms with van der Waals surface area (Å²) in [7, 11) is 0. The molecule has 1 amide bonds. The molecule has 0 aliphatic carbocycles. The molecule has 0 aliphatic rings. The molecule has 2 aromatic rings. The van der Waals surface area contributed by atoms with Gasteiger partial charge in [0.15, 0.2) is 0 Å². The van der Waals surface area contributed by atoms with Gasteiger partial charge in [0, 0.05) is 17.3 Å². The molecule has 0 spiro atoms. The zero-order chi connectivity index (χ0) is 13.0. The van der Waals surface area contributed by atoms with Crippen LogP contribution in [0.25, 0.3) is 0 Å². The molecular formula is C13H11NO4. The summed E-state index contributed by atoms with van der Waals surface area (Å²) in [5.74, 6) is -0.403. The van der Waals surface area contributed by atoms with Crippen molar-refractivity contribution in [3.63, 3.8) is 0 Å². The molecule has 0 unspecified atom stereocenters. The zero-order valence-electron chi connectivity index (χ0n) is 9.42. The highest BCUT2D eigenvalue weighted by Gasteiger charge is 2.09. The van der Waals surface area contributed by atoms with Crippen molar-refractivity contribution in [2.75, 3.05) is 5.32 Å². The van der Waals surface area contributed by atoms with Crippen molar-refractivity contribution in [3.05, 3.63) is 64.2 Å². The van der Waals surface area contributed by atoms with Crippen molar-refractivity contribution in [1.29, 1.82) is 0 Å². The second kappa shape index (κ2) is 5.29. The van der Waals surface area contributed by atoms with E-state index in [1.54, 1.807) is 24.3 Å². The Morgan fingerprint density at radius 3 is 2.67 bits per heavy atom. The van der Waals surface area contributed by atoms with E-state index < -0.39 is 11.5 Å². The van der Waals surface area contributed by atoms with Crippen molar-refractivity contribution < 1.29 is 14.3 Å². The van der Waals surface area contributed by atoms with Gasteiger partial charge in [0.25, 0.3) is 5.91 Å². The summed E-state index contributed by atoms with van der Waals surface area (Å²) < 4.78 is 4.61. The standard InChI is InChI=1S/C13H11NO4/c15-7-9-3-1-2-4-11(9)14-13(17)10-5-6-12(16)18-8-10/h1-6,8,15H,7H2,(H,14,17). The largest absolute Gasteiger partial charge is 0.430 e. The lowest BCUT2D eigenvalue weighted by Gasteiger charge is -2.08. The van der Waals surface area contributed by atoms with Crippen LogP contribution >= 0.6 is 0 Å². The molecule has 0 bridgehead atoms. The lowest BCUT2D eigenvalue weighted by atomic mass is 10.2. The van der Waals surface area contributed by atoms with Gasteiger partial charge in [-0.2, -0.15) is 0 Å². The summed E-state index contributed by atoms with van der Waals surface area (Å²) in [6.45, 7) is -0.166. The second-order valence-electron chi connectivity index (χ2n) is 3.61. The first-order valence-corrected chi connectivity index (χ1v) is 5.29.